The molecule has 0 aliphatic carbocycles. The van der Waals surface area contributed by atoms with Crippen molar-refractivity contribution in [1.29, 1.82) is 0 Å². The summed E-state index contributed by atoms with van der Waals surface area (Å²) in [6.45, 7) is 10.1. The smallest absolute Gasteiger partial charge is 0.157 e. The van der Waals surface area contributed by atoms with E-state index in [0.29, 0.717) is 0 Å². The van der Waals surface area contributed by atoms with Gasteiger partial charge >= 0.3 is 0 Å². The van der Waals surface area contributed by atoms with E-state index in [2.05, 4.69) is 25.7 Å². The molecule has 0 aromatic carbocycles. The van der Waals surface area contributed by atoms with E-state index >= 15 is 0 Å². The molecule has 0 aromatic heterocycles. The Morgan fingerprint density at radius 3 is 1.88 bits per heavy atom. The van der Waals surface area contributed by atoms with Crippen LogP contribution < -0.4 is 0 Å². The topological polar surface area (TPSA) is 26.8 Å². The summed E-state index contributed by atoms with van der Waals surface area (Å²) >= 11 is 5.18. The summed E-state index contributed by atoms with van der Waals surface area (Å²) in [6, 6.07) is 0. The van der Waals surface area contributed by atoms with Gasteiger partial charge in [0, 0.05) is 57.0 Å². The van der Waals surface area contributed by atoms with E-state index in [1.165, 1.54) is 0 Å². The summed E-state index contributed by atoms with van der Waals surface area (Å²) in [5.41, 5.74) is 0.187. The van der Waals surface area contributed by atoms with E-state index in [4.69, 9.17) is 11.2 Å². The third-order valence-electron chi connectivity index (χ3n) is 2.98. The zero-order chi connectivity index (χ0) is 12.6. The predicted molar refractivity (Wildman–Crippen MR) is 72.1 cm³/mol. The summed E-state index contributed by atoms with van der Waals surface area (Å²) in [6.07, 6.45) is 0. The molecule has 1 fully saturated rings. The molecule has 0 aromatic rings. The Bertz CT molecular complexity index is 324. The minimum atomic E-state index is -2.40. The Morgan fingerprint density at radius 2 is 1.56 bits per heavy atom. The van der Waals surface area contributed by atoms with Crippen LogP contribution in [0, 0.1) is 0 Å². The summed E-state index contributed by atoms with van der Waals surface area (Å²) in [5, 5.41) is 0. The molecule has 96 valence electrons. The Morgan fingerprint density at radius 1 is 1.12 bits per heavy atom. The van der Waals surface area contributed by atoms with Gasteiger partial charge in [-0.15, -0.1) is 0 Å². The highest BCUT2D eigenvalue weighted by atomic mass is 32.8. The van der Waals surface area contributed by atoms with Crippen molar-refractivity contribution >= 4 is 20.1 Å². The van der Waals surface area contributed by atoms with Gasteiger partial charge in [-0.25, -0.2) is 12.8 Å². The van der Waals surface area contributed by atoms with Crippen LogP contribution >= 0.6 is 0 Å². The molecule has 0 bridgehead atoms. The van der Waals surface area contributed by atoms with Crippen molar-refractivity contribution in [2.24, 2.45) is 0 Å². The quantitative estimate of drug-likeness (QED) is 0.729. The first-order valence-electron chi connectivity index (χ1n) is 5.58. The van der Waals surface area contributed by atoms with Crippen molar-refractivity contribution in [3.05, 3.63) is 0 Å². The van der Waals surface area contributed by atoms with Gasteiger partial charge in [-0.1, -0.05) is 0 Å². The van der Waals surface area contributed by atoms with Gasteiger partial charge < -0.3 is 0 Å². The highest BCUT2D eigenvalue weighted by Crippen LogP contribution is 2.18. The number of nitrogens with zero attached hydrogens (tertiary/aromatic N) is 3. The van der Waals surface area contributed by atoms with Gasteiger partial charge in [-0.2, -0.15) is 0 Å². The zero-order valence-corrected chi connectivity index (χ0v) is 12.5. The molecule has 1 saturated heterocycles. The highest BCUT2D eigenvalue weighted by Gasteiger charge is 2.30. The molecule has 1 unspecified atom stereocenters. The Labute approximate surface area is 105 Å². The highest BCUT2D eigenvalue weighted by molar-refractivity contribution is 8.30. The van der Waals surface area contributed by atoms with Gasteiger partial charge in [-0.05, 0) is 20.8 Å². The molecule has 4 nitrogen and oxygen atoms in total. The number of hydrogen-bond acceptors (Lipinski definition) is 3. The van der Waals surface area contributed by atoms with Crippen molar-refractivity contribution in [2.75, 3.05) is 40.3 Å². The van der Waals surface area contributed by atoms with Crippen molar-refractivity contribution in [3.8, 4) is 0 Å². The lowest BCUT2D eigenvalue weighted by atomic mass is 10.1. The third kappa shape index (κ3) is 3.13. The molecule has 0 radical (unpaired) electrons. The van der Waals surface area contributed by atoms with E-state index in [1.54, 1.807) is 18.4 Å². The largest absolute Gasteiger partial charge is 0.296 e. The molecule has 1 aliphatic rings. The lowest BCUT2D eigenvalue weighted by Gasteiger charge is -2.43. The van der Waals surface area contributed by atoms with Crippen LogP contribution in [0.5, 0.6) is 0 Å². The van der Waals surface area contributed by atoms with Crippen LogP contribution in [0.2, 0.25) is 0 Å². The molecule has 1 heterocycles. The molecule has 0 saturated carbocycles. The van der Waals surface area contributed by atoms with E-state index in [1.807, 2.05) is 4.31 Å². The first-order chi connectivity index (χ1) is 7.15. The maximum Gasteiger partial charge on any atom is 0.157 e. The number of rotatable bonds is 2. The molecule has 0 N–H and O–H groups in total. The van der Waals surface area contributed by atoms with E-state index in [-0.39, 0.29) is 5.54 Å². The van der Waals surface area contributed by atoms with E-state index < -0.39 is 8.86 Å². The molecule has 0 spiro atoms. The summed E-state index contributed by atoms with van der Waals surface area (Å²) < 4.78 is 15.8. The average molecular weight is 265 g/mol. The van der Waals surface area contributed by atoms with Crippen molar-refractivity contribution in [1.82, 2.24) is 13.5 Å². The Hall–Kier alpha value is 0.250. The van der Waals surface area contributed by atoms with Gasteiger partial charge in [-0.3, -0.25) is 4.90 Å². The summed E-state index contributed by atoms with van der Waals surface area (Å²) in [5.74, 6) is 0. The Balaban J connectivity index is 2.63. The van der Waals surface area contributed by atoms with Gasteiger partial charge in [0.2, 0.25) is 0 Å². The molecular formula is C10H23N3OS2. The van der Waals surface area contributed by atoms with E-state index in [9.17, 15) is 4.21 Å². The van der Waals surface area contributed by atoms with Gasteiger partial charge in [0.15, 0.2) is 8.86 Å². The summed E-state index contributed by atoms with van der Waals surface area (Å²) in [4.78, 5) is 2.41. The molecule has 1 rings (SSSR count). The van der Waals surface area contributed by atoms with Crippen LogP contribution in [0.1, 0.15) is 20.8 Å². The van der Waals surface area contributed by atoms with Gasteiger partial charge in [0.25, 0.3) is 0 Å². The second-order valence-corrected chi connectivity index (χ2v) is 8.79. The standard InChI is InChI=1S/C10H23N3OS2/c1-10(2,3)12-6-8-13(9-7-12)16(14,15)11(4)5/h6-9H2,1-5H3. The zero-order valence-electron chi connectivity index (χ0n) is 10.9. The van der Waals surface area contributed by atoms with Crippen LogP contribution in [0.25, 0.3) is 0 Å². The number of hydrogen-bond donors (Lipinski definition) is 0. The minimum absolute atomic E-state index is 0.187. The molecule has 1 atom stereocenters. The molecular weight excluding hydrogens is 242 g/mol. The SMILES string of the molecule is CN(C)S(=O)(=S)N1CCN(C(C)(C)C)CC1. The summed E-state index contributed by atoms with van der Waals surface area (Å²) in [7, 11) is 1.17. The molecule has 16 heavy (non-hydrogen) atoms. The predicted octanol–water partition coefficient (Wildman–Crippen LogP) is 0.540. The third-order valence-corrected chi connectivity index (χ3v) is 6.44. The van der Waals surface area contributed by atoms with Gasteiger partial charge in [0.05, 0.1) is 0 Å². The fourth-order valence-electron chi connectivity index (χ4n) is 1.82. The lowest BCUT2D eigenvalue weighted by Crippen LogP contribution is -2.56. The fourth-order valence-corrected chi connectivity index (χ4v) is 3.35. The van der Waals surface area contributed by atoms with Crippen molar-refractivity contribution in [2.45, 2.75) is 26.3 Å². The van der Waals surface area contributed by atoms with Crippen molar-refractivity contribution in [3.63, 3.8) is 0 Å². The maximum absolute atomic E-state index is 12.2. The van der Waals surface area contributed by atoms with Crippen LogP contribution in [-0.2, 0) is 20.1 Å². The second-order valence-electron chi connectivity index (χ2n) is 5.35. The van der Waals surface area contributed by atoms with Gasteiger partial charge in [0.1, 0.15) is 0 Å². The molecule has 6 heteroatoms. The second kappa shape index (κ2) is 4.86. The van der Waals surface area contributed by atoms with Crippen LogP contribution in [0.3, 0.4) is 0 Å². The average Bonchev–Trinajstić information content (AvgIpc) is 2.16. The monoisotopic (exact) mass is 265 g/mol. The van der Waals surface area contributed by atoms with Crippen LogP contribution in [-0.4, -0.2) is 63.5 Å². The minimum Gasteiger partial charge on any atom is -0.296 e. The Kier molecular flexibility index (Phi) is 4.34. The van der Waals surface area contributed by atoms with Crippen LogP contribution in [0.15, 0.2) is 0 Å². The molecule has 1 aliphatic heterocycles. The first kappa shape index (κ1) is 14.3. The maximum atomic E-state index is 12.2. The first-order valence-corrected chi connectivity index (χ1v) is 7.98. The number of piperazine rings is 1. The fraction of sp³-hybridized carbons (Fsp3) is 1.00. The molecule has 0 amide bonds. The van der Waals surface area contributed by atoms with E-state index in [0.717, 1.165) is 26.2 Å². The normalized spacial score (nSPS) is 24.6. The lowest BCUT2D eigenvalue weighted by molar-refractivity contribution is 0.0925. The van der Waals surface area contributed by atoms with Crippen LogP contribution in [0.4, 0.5) is 0 Å². The van der Waals surface area contributed by atoms with Crippen molar-refractivity contribution < 1.29 is 4.21 Å².